The molecule has 0 aliphatic carbocycles. The Hall–Kier alpha value is -1.14. The van der Waals surface area contributed by atoms with Crippen molar-refractivity contribution in [3.8, 4) is 0 Å². The molecule has 1 aliphatic heterocycles. The first-order valence-corrected chi connectivity index (χ1v) is 10.2. The minimum absolute atomic E-state index is 0.0318. The van der Waals surface area contributed by atoms with Gasteiger partial charge < -0.3 is 10.6 Å². The fourth-order valence-corrected chi connectivity index (χ4v) is 4.57. The Morgan fingerprint density at radius 3 is 2.50 bits per heavy atom. The van der Waals surface area contributed by atoms with E-state index in [-0.39, 0.29) is 11.0 Å². The van der Waals surface area contributed by atoms with Crippen LogP contribution in [0.25, 0.3) is 0 Å². The molecule has 2 aromatic rings. The number of nitrogens with two attached hydrogens (primary N) is 1. The summed E-state index contributed by atoms with van der Waals surface area (Å²) >= 11 is 13.7. The van der Waals surface area contributed by atoms with E-state index < -0.39 is 0 Å². The average Bonchev–Trinajstić information content (AvgIpc) is 2.64. The summed E-state index contributed by atoms with van der Waals surface area (Å²) in [4.78, 5) is 16.5. The Kier molecular flexibility index (Phi) is 5.92. The number of hydrogen-bond donors (Lipinski definition) is 1. The number of pyridine rings is 1. The Balaban J connectivity index is 1.83. The first kappa shape index (κ1) is 19.6. The molecule has 4 nitrogen and oxygen atoms in total. The van der Waals surface area contributed by atoms with E-state index in [9.17, 15) is 4.79 Å². The predicted molar refractivity (Wildman–Crippen MR) is 111 cm³/mol. The fourth-order valence-electron chi connectivity index (χ4n) is 3.16. The summed E-state index contributed by atoms with van der Waals surface area (Å²) in [5, 5.41) is 0.962. The molecule has 0 radical (unpaired) electrons. The minimum Gasteiger partial charge on any atom is -0.358 e. The maximum atomic E-state index is 12.8. The first-order valence-electron chi connectivity index (χ1n) is 8.61. The van der Waals surface area contributed by atoms with Gasteiger partial charge in [-0.2, -0.15) is 0 Å². The van der Waals surface area contributed by atoms with Gasteiger partial charge in [0.25, 0.3) is 5.56 Å². The van der Waals surface area contributed by atoms with Crippen molar-refractivity contribution in [2.45, 2.75) is 29.6 Å². The van der Waals surface area contributed by atoms with Crippen molar-refractivity contribution < 1.29 is 0 Å². The second-order valence-corrected chi connectivity index (χ2v) is 8.94. The van der Waals surface area contributed by atoms with Crippen LogP contribution in [0, 0.1) is 5.41 Å². The Morgan fingerprint density at radius 1 is 1.15 bits per heavy atom. The molecule has 1 fully saturated rings. The molecule has 0 saturated carbocycles. The van der Waals surface area contributed by atoms with Gasteiger partial charge in [0, 0.05) is 25.0 Å². The minimum atomic E-state index is -0.0318. The van der Waals surface area contributed by atoms with Gasteiger partial charge in [-0.05, 0) is 49.1 Å². The van der Waals surface area contributed by atoms with Crippen molar-refractivity contribution in [3.05, 3.63) is 50.7 Å². The number of halogens is 2. The quantitative estimate of drug-likeness (QED) is 0.809. The molecule has 0 unspecified atom stereocenters. The summed E-state index contributed by atoms with van der Waals surface area (Å²) in [6, 6.07) is 9.31. The topological polar surface area (TPSA) is 51.3 Å². The van der Waals surface area contributed by atoms with Gasteiger partial charge >= 0.3 is 0 Å². The van der Waals surface area contributed by atoms with E-state index in [4.69, 9.17) is 28.9 Å². The lowest BCUT2D eigenvalue weighted by Crippen LogP contribution is -2.43. The van der Waals surface area contributed by atoms with Gasteiger partial charge in [-0.3, -0.25) is 9.36 Å². The van der Waals surface area contributed by atoms with Gasteiger partial charge in [0.05, 0.1) is 14.9 Å². The molecule has 7 heteroatoms. The molecule has 26 heavy (non-hydrogen) atoms. The number of rotatable bonds is 4. The van der Waals surface area contributed by atoms with Gasteiger partial charge in [0.2, 0.25) is 0 Å². The van der Waals surface area contributed by atoms with E-state index in [1.54, 1.807) is 10.6 Å². The van der Waals surface area contributed by atoms with Crippen LogP contribution < -0.4 is 16.2 Å². The van der Waals surface area contributed by atoms with Crippen molar-refractivity contribution in [1.29, 1.82) is 0 Å². The Labute approximate surface area is 168 Å². The molecule has 0 spiro atoms. The van der Waals surface area contributed by atoms with E-state index in [1.807, 2.05) is 31.3 Å². The summed E-state index contributed by atoms with van der Waals surface area (Å²) in [7, 11) is 1.82. The van der Waals surface area contributed by atoms with Crippen LogP contribution in [0.5, 0.6) is 0 Å². The largest absolute Gasteiger partial charge is 0.358 e. The monoisotopic (exact) mass is 411 g/mol. The fraction of sp³-hybridized carbons (Fsp3) is 0.421. The molecule has 1 aliphatic rings. The highest BCUT2D eigenvalue weighted by atomic mass is 35.5. The molecule has 2 heterocycles. The van der Waals surface area contributed by atoms with Crippen LogP contribution in [-0.4, -0.2) is 24.2 Å². The highest BCUT2D eigenvalue weighted by Gasteiger charge is 2.29. The van der Waals surface area contributed by atoms with Gasteiger partial charge in [-0.1, -0.05) is 48.0 Å². The summed E-state index contributed by atoms with van der Waals surface area (Å²) in [6.07, 6.45) is 2.07. The molecule has 0 bridgehead atoms. The maximum Gasteiger partial charge on any atom is 0.265 e. The molecular formula is C19H23Cl2N3OS. The van der Waals surface area contributed by atoms with Crippen molar-refractivity contribution in [2.24, 2.45) is 18.2 Å². The van der Waals surface area contributed by atoms with Crippen LogP contribution >= 0.6 is 35.0 Å². The van der Waals surface area contributed by atoms with Crippen molar-refractivity contribution in [3.63, 3.8) is 0 Å². The third-order valence-electron chi connectivity index (χ3n) is 5.17. The average molecular weight is 412 g/mol. The molecule has 0 amide bonds. The smallest absolute Gasteiger partial charge is 0.265 e. The molecule has 3 rings (SSSR count). The molecule has 140 valence electrons. The highest BCUT2D eigenvalue weighted by Crippen LogP contribution is 2.36. The molecule has 1 aromatic carbocycles. The Morgan fingerprint density at radius 2 is 1.85 bits per heavy atom. The number of benzene rings is 1. The third kappa shape index (κ3) is 3.91. The highest BCUT2D eigenvalue weighted by molar-refractivity contribution is 7.99. The lowest BCUT2D eigenvalue weighted by molar-refractivity contribution is 0.257. The summed E-state index contributed by atoms with van der Waals surface area (Å²) in [6.45, 7) is 4.76. The van der Waals surface area contributed by atoms with Crippen LogP contribution in [0.3, 0.4) is 0 Å². The SMILES string of the molecule is Cn1c(N2CCC(C)(CN)CC2)ccc(Sc2cccc(Cl)c2Cl)c1=O. The van der Waals surface area contributed by atoms with E-state index >= 15 is 0 Å². The number of anilines is 1. The molecule has 1 saturated heterocycles. The molecule has 1 aromatic heterocycles. The van der Waals surface area contributed by atoms with Crippen LogP contribution in [-0.2, 0) is 7.05 Å². The first-order chi connectivity index (χ1) is 12.3. The number of hydrogen-bond acceptors (Lipinski definition) is 4. The van der Waals surface area contributed by atoms with Crippen LogP contribution in [0.2, 0.25) is 10.0 Å². The second-order valence-electron chi connectivity index (χ2n) is 7.08. The maximum absolute atomic E-state index is 12.8. The zero-order valence-electron chi connectivity index (χ0n) is 15.0. The molecule has 0 atom stereocenters. The van der Waals surface area contributed by atoms with Crippen molar-refractivity contribution in [2.75, 3.05) is 24.5 Å². The summed E-state index contributed by atoms with van der Waals surface area (Å²) in [5.74, 6) is 0.940. The normalized spacial score (nSPS) is 16.7. The lowest BCUT2D eigenvalue weighted by Gasteiger charge is -2.40. The molecule has 2 N–H and O–H groups in total. The number of piperidine rings is 1. The lowest BCUT2D eigenvalue weighted by atomic mass is 9.80. The standard InChI is InChI=1S/C19H23Cl2N3OS/c1-19(12-22)8-10-24(11-9-19)16-7-6-15(18(25)23(16)2)26-14-5-3-4-13(20)17(14)21/h3-7H,8-12,22H2,1-2H3. The van der Waals surface area contributed by atoms with Gasteiger partial charge in [-0.15, -0.1) is 0 Å². The van der Waals surface area contributed by atoms with Crippen LogP contribution in [0.4, 0.5) is 5.82 Å². The van der Waals surface area contributed by atoms with E-state index in [1.165, 1.54) is 11.8 Å². The van der Waals surface area contributed by atoms with E-state index in [0.29, 0.717) is 21.5 Å². The predicted octanol–water partition coefficient (Wildman–Crippen LogP) is 4.41. The van der Waals surface area contributed by atoms with Gasteiger partial charge in [-0.25, -0.2) is 0 Å². The summed E-state index contributed by atoms with van der Waals surface area (Å²) in [5.41, 5.74) is 6.07. The van der Waals surface area contributed by atoms with E-state index in [2.05, 4.69) is 11.8 Å². The zero-order chi connectivity index (χ0) is 18.9. The number of aromatic nitrogens is 1. The van der Waals surface area contributed by atoms with Crippen LogP contribution in [0.1, 0.15) is 19.8 Å². The summed E-state index contributed by atoms with van der Waals surface area (Å²) < 4.78 is 1.71. The van der Waals surface area contributed by atoms with E-state index in [0.717, 1.165) is 36.6 Å². The van der Waals surface area contributed by atoms with Crippen molar-refractivity contribution >= 4 is 40.8 Å². The number of nitrogens with zero attached hydrogens (tertiary/aromatic N) is 2. The van der Waals surface area contributed by atoms with Crippen LogP contribution in [0.15, 0.2) is 44.9 Å². The van der Waals surface area contributed by atoms with Gasteiger partial charge in [0.15, 0.2) is 0 Å². The van der Waals surface area contributed by atoms with Gasteiger partial charge in [0.1, 0.15) is 5.82 Å². The van der Waals surface area contributed by atoms with Crippen molar-refractivity contribution in [1.82, 2.24) is 4.57 Å². The zero-order valence-corrected chi connectivity index (χ0v) is 17.3. The Bertz CT molecular complexity index is 860. The second kappa shape index (κ2) is 7.85. The molecular weight excluding hydrogens is 389 g/mol. The third-order valence-corrected chi connectivity index (χ3v) is 7.19.